The van der Waals surface area contributed by atoms with Crippen LogP contribution in [-0.4, -0.2) is 47.4 Å². The topological polar surface area (TPSA) is 36.9 Å². The minimum atomic E-state index is -0.160. The second kappa shape index (κ2) is 8.93. The fourth-order valence-corrected chi connectivity index (χ4v) is 0.756. The van der Waals surface area contributed by atoms with Crippen LogP contribution >= 0.6 is 0 Å². The van der Waals surface area contributed by atoms with Gasteiger partial charge in [0, 0.05) is 27.8 Å². The summed E-state index contributed by atoms with van der Waals surface area (Å²) in [6, 6.07) is 0. The molecule has 0 rings (SSSR count). The molecule has 0 amide bonds. The van der Waals surface area contributed by atoms with Crippen LogP contribution in [-0.2, 0) is 18.9 Å². The van der Waals surface area contributed by atoms with Crippen molar-refractivity contribution in [3.63, 3.8) is 0 Å². The summed E-state index contributed by atoms with van der Waals surface area (Å²) in [5.74, 6) is 0. The van der Waals surface area contributed by atoms with Gasteiger partial charge in [0.2, 0.25) is 0 Å². The summed E-state index contributed by atoms with van der Waals surface area (Å²) < 4.78 is 20.0. The van der Waals surface area contributed by atoms with E-state index in [1.165, 1.54) is 0 Å². The standard InChI is InChI=1S/C8H18O4/c1-9-6-7-12-5-4-8(10-2)11-3/h8H,4-7H2,1-3H3. The highest BCUT2D eigenvalue weighted by Crippen LogP contribution is 1.97. The molecule has 0 N–H and O–H groups in total. The summed E-state index contributed by atoms with van der Waals surface area (Å²) in [4.78, 5) is 0. The van der Waals surface area contributed by atoms with Crippen molar-refractivity contribution < 1.29 is 18.9 Å². The molecule has 0 spiro atoms. The fraction of sp³-hybridized carbons (Fsp3) is 1.00. The van der Waals surface area contributed by atoms with Crippen molar-refractivity contribution in [2.45, 2.75) is 12.7 Å². The molecule has 0 aromatic rings. The lowest BCUT2D eigenvalue weighted by Gasteiger charge is -2.12. The maximum atomic E-state index is 5.22. The zero-order chi connectivity index (χ0) is 9.23. The Balaban J connectivity index is 3.06. The molecule has 0 saturated heterocycles. The first-order chi connectivity index (χ1) is 5.85. The summed E-state index contributed by atoms with van der Waals surface area (Å²) in [6.45, 7) is 1.89. The molecule has 0 aliphatic carbocycles. The van der Waals surface area contributed by atoms with Gasteiger partial charge in [-0.05, 0) is 0 Å². The van der Waals surface area contributed by atoms with E-state index in [1.807, 2.05) is 0 Å². The van der Waals surface area contributed by atoms with Gasteiger partial charge in [-0.2, -0.15) is 0 Å². The number of ether oxygens (including phenoxy) is 4. The van der Waals surface area contributed by atoms with Crippen LogP contribution in [0.4, 0.5) is 0 Å². The van der Waals surface area contributed by atoms with Crippen LogP contribution in [0.15, 0.2) is 0 Å². The van der Waals surface area contributed by atoms with Crippen LogP contribution in [0.25, 0.3) is 0 Å². The van der Waals surface area contributed by atoms with Gasteiger partial charge in [-0.1, -0.05) is 0 Å². The summed E-state index contributed by atoms with van der Waals surface area (Å²) in [5, 5.41) is 0. The third kappa shape index (κ3) is 6.54. The van der Waals surface area contributed by atoms with Crippen molar-refractivity contribution in [3.8, 4) is 0 Å². The molecule has 12 heavy (non-hydrogen) atoms. The van der Waals surface area contributed by atoms with E-state index in [0.717, 1.165) is 6.42 Å². The Morgan fingerprint density at radius 3 is 2.08 bits per heavy atom. The largest absolute Gasteiger partial charge is 0.382 e. The lowest BCUT2D eigenvalue weighted by atomic mass is 10.4. The third-order valence-corrected chi connectivity index (χ3v) is 1.46. The highest BCUT2D eigenvalue weighted by molar-refractivity contribution is 4.41. The van der Waals surface area contributed by atoms with E-state index in [1.54, 1.807) is 21.3 Å². The molecule has 0 atom stereocenters. The average molecular weight is 178 g/mol. The van der Waals surface area contributed by atoms with E-state index in [-0.39, 0.29) is 6.29 Å². The van der Waals surface area contributed by atoms with Crippen molar-refractivity contribution in [1.82, 2.24) is 0 Å². The minimum Gasteiger partial charge on any atom is -0.382 e. The molecule has 0 aliphatic rings. The molecule has 0 radical (unpaired) electrons. The van der Waals surface area contributed by atoms with Gasteiger partial charge >= 0.3 is 0 Å². The molecule has 0 aromatic heterocycles. The van der Waals surface area contributed by atoms with Gasteiger partial charge in [0.1, 0.15) is 0 Å². The maximum Gasteiger partial charge on any atom is 0.159 e. The van der Waals surface area contributed by atoms with Gasteiger partial charge in [0.15, 0.2) is 6.29 Å². The Morgan fingerprint density at radius 2 is 1.58 bits per heavy atom. The molecule has 74 valence electrons. The smallest absolute Gasteiger partial charge is 0.159 e. The number of methoxy groups -OCH3 is 3. The summed E-state index contributed by atoms with van der Waals surface area (Å²) in [6.07, 6.45) is 0.587. The first-order valence-electron chi connectivity index (χ1n) is 3.97. The molecular formula is C8H18O4. The lowest BCUT2D eigenvalue weighted by Crippen LogP contribution is -2.16. The Labute approximate surface area is 73.7 Å². The molecule has 0 unspecified atom stereocenters. The zero-order valence-corrected chi connectivity index (χ0v) is 8.04. The van der Waals surface area contributed by atoms with Crippen molar-refractivity contribution in [2.75, 3.05) is 41.2 Å². The molecule has 4 heteroatoms. The van der Waals surface area contributed by atoms with E-state index < -0.39 is 0 Å². The third-order valence-electron chi connectivity index (χ3n) is 1.46. The van der Waals surface area contributed by atoms with Crippen LogP contribution < -0.4 is 0 Å². The SMILES string of the molecule is COCCOCCC(OC)OC. The molecule has 0 bridgehead atoms. The van der Waals surface area contributed by atoms with Gasteiger partial charge in [-0.25, -0.2) is 0 Å². The highest BCUT2D eigenvalue weighted by atomic mass is 16.7. The highest BCUT2D eigenvalue weighted by Gasteiger charge is 2.03. The molecule has 0 heterocycles. The Bertz CT molecular complexity index is 83.1. The van der Waals surface area contributed by atoms with Gasteiger partial charge in [-0.3, -0.25) is 0 Å². The van der Waals surface area contributed by atoms with Crippen molar-refractivity contribution in [3.05, 3.63) is 0 Å². The van der Waals surface area contributed by atoms with Crippen molar-refractivity contribution >= 4 is 0 Å². The first-order valence-corrected chi connectivity index (χ1v) is 3.97. The van der Waals surface area contributed by atoms with E-state index >= 15 is 0 Å². The predicted octanol–water partition coefficient (Wildman–Crippen LogP) is 0.658. The van der Waals surface area contributed by atoms with Gasteiger partial charge < -0.3 is 18.9 Å². The lowest BCUT2D eigenvalue weighted by molar-refractivity contribution is -0.116. The number of hydrogen-bond donors (Lipinski definition) is 0. The van der Waals surface area contributed by atoms with E-state index in [9.17, 15) is 0 Å². The first kappa shape index (κ1) is 11.8. The zero-order valence-electron chi connectivity index (χ0n) is 8.04. The van der Waals surface area contributed by atoms with E-state index in [0.29, 0.717) is 19.8 Å². The molecule has 0 saturated carbocycles. The van der Waals surface area contributed by atoms with Crippen LogP contribution in [0.5, 0.6) is 0 Å². The monoisotopic (exact) mass is 178 g/mol. The Hall–Kier alpha value is -0.160. The normalized spacial score (nSPS) is 11.0. The summed E-state index contributed by atoms with van der Waals surface area (Å²) >= 11 is 0. The molecular weight excluding hydrogens is 160 g/mol. The minimum absolute atomic E-state index is 0.160. The second-order valence-corrected chi connectivity index (χ2v) is 2.29. The summed E-state index contributed by atoms with van der Waals surface area (Å²) in [7, 11) is 4.88. The van der Waals surface area contributed by atoms with Gasteiger partial charge in [0.25, 0.3) is 0 Å². The van der Waals surface area contributed by atoms with Crippen LogP contribution in [0, 0.1) is 0 Å². The molecule has 0 aliphatic heterocycles. The maximum absolute atomic E-state index is 5.22. The van der Waals surface area contributed by atoms with Crippen LogP contribution in [0.2, 0.25) is 0 Å². The van der Waals surface area contributed by atoms with Crippen LogP contribution in [0.1, 0.15) is 6.42 Å². The van der Waals surface area contributed by atoms with Gasteiger partial charge in [-0.15, -0.1) is 0 Å². The molecule has 0 aromatic carbocycles. The van der Waals surface area contributed by atoms with Crippen molar-refractivity contribution in [2.24, 2.45) is 0 Å². The fourth-order valence-electron chi connectivity index (χ4n) is 0.756. The Morgan fingerprint density at radius 1 is 0.917 bits per heavy atom. The molecule has 0 fully saturated rings. The van der Waals surface area contributed by atoms with E-state index in [4.69, 9.17) is 18.9 Å². The molecule has 4 nitrogen and oxygen atoms in total. The van der Waals surface area contributed by atoms with Crippen molar-refractivity contribution in [1.29, 1.82) is 0 Å². The Kier molecular flexibility index (Phi) is 8.81. The second-order valence-electron chi connectivity index (χ2n) is 2.29. The van der Waals surface area contributed by atoms with E-state index in [2.05, 4.69) is 0 Å². The quantitative estimate of drug-likeness (QED) is 0.404. The number of hydrogen-bond acceptors (Lipinski definition) is 4. The summed E-state index contributed by atoms with van der Waals surface area (Å²) in [5.41, 5.74) is 0. The number of rotatable bonds is 8. The predicted molar refractivity (Wildman–Crippen MR) is 45.1 cm³/mol. The van der Waals surface area contributed by atoms with Gasteiger partial charge in [0.05, 0.1) is 19.8 Å². The average Bonchev–Trinajstić information content (AvgIpc) is 2.11. The van der Waals surface area contributed by atoms with Crippen LogP contribution in [0.3, 0.4) is 0 Å².